The number of alkyl halides is 3. The Labute approximate surface area is 195 Å². The summed E-state index contributed by atoms with van der Waals surface area (Å²) >= 11 is 0. The van der Waals surface area contributed by atoms with Gasteiger partial charge in [-0.3, -0.25) is 4.79 Å². The van der Waals surface area contributed by atoms with E-state index in [1.54, 1.807) is 12.1 Å². The smallest absolute Gasteiger partial charge is 0.470 e. The lowest BCUT2D eigenvalue weighted by atomic mass is 9.99. The minimum absolute atomic E-state index is 0.0157. The summed E-state index contributed by atoms with van der Waals surface area (Å²) in [6.07, 6.45) is -1.69. The van der Waals surface area contributed by atoms with Crippen molar-refractivity contribution >= 4 is 11.7 Å². The second kappa shape index (κ2) is 11.6. The third-order valence-electron chi connectivity index (χ3n) is 5.21. The molecule has 0 amide bonds. The molecule has 0 aliphatic carbocycles. The maximum Gasteiger partial charge on any atom is 0.470 e. The molecular formula is C24H27F3N4O3. The lowest BCUT2D eigenvalue weighted by Crippen LogP contribution is -2.17. The fraction of sp³-hybridized carbons (Fsp3) is 0.375. The fourth-order valence-electron chi connectivity index (χ4n) is 3.39. The lowest BCUT2D eigenvalue weighted by molar-refractivity contribution is -0.157. The SMILES string of the molecule is CCCC[C@@H](Nc1ccc(CNCCC(=O)O)cc1)c1ccc(-c2nnc(C(F)(F)F)o2)cc1. The average Bonchev–Trinajstić information content (AvgIpc) is 3.31. The third kappa shape index (κ3) is 7.31. The van der Waals surface area contributed by atoms with Gasteiger partial charge in [0.2, 0.25) is 5.89 Å². The van der Waals surface area contributed by atoms with Crippen LogP contribution in [0.2, 0.25) is 0 Å². The number of halogens is 3. The van der Waals surface area contributed by atoms with Gasteiger partial charge in [-0.1, -0.05) is 44.0 Å². The predicted octanol–water partition coefficient (Wildman–Crippen LogP) is 5.66. The summed E-state index contributed by atoms with van der Waals surface area (Å²) in [6, 6.07) is 15.0. The van der Waals surface area contributed by atoms with Crippen LogP contribution in [0.5, 0.6) is 0 Å². The van der Waals surface area contributed by atoms with Crippen LogP contribution in [0.25, 0.3) is 11.5 Å². The molecule has 0 spiro atoms. The highest BCUT2D eigenvalue weighted by Gasteiger charge is 2.38. The molecule has 0 unspecified atom stereocenters. The first-order valence-electron chi connectivity index (χ1n) is 11.0. The zero-order valence-corrected chi connectivity index (χ0v) is 18.7. The van der Waals surface area contributed by atoms with Gasteiger partial charge in [0.1, 0.15) is 0 Å². The molecule has 2 aromatic carbocycles. The number of unbranched alkanes of at least 4 members (excludes halogenated alkanes) is 1. The zero-order chi connectivity index (χ0) is 24.6. The van der Waals surface area contributed by atoms with Gasteiger partial charge in [-0.25, -0.2) is 0 Å². The van der Waals surface area contributed by atoms with Crippen LogP contribution >= 0.6 is 0 Å². The van der Waals surface area contributed by atoms with Gasteiger partial charge < -0.3 is 20.2 Å². The van der Waals surface area contributed by atoms with Gasteiger partial charge in [-0.05, 0) is 41.8 Å². The Morgan fingerprint density at radius 1 is 1.09 bits per heavy atom. The first-order valence-corrected chi connectivity index (χ1v) is 11.0. The van der Waals surface area contributed by atoms with Crippen LogP contribution in [0, 0.1) is 0 Å². The maximum atomic E-state index is 12.7. The quantitative estimate of drug-likeness (QED) is 0.290. The number of aromatic nitrogens is 2. The van der Waals surface area contributed by atoms with Crippen molar-refractivity contribution in [1.29, 1.82) is 0 Å². The number of nitrogens with zero attached hydrogens (tertiary/aromatic N) is 2. The third-order valence-corrected chi connectivity index (χ3v) is 5.21. The molecule has 3 rings (SSSR count). The number of hydrogen-bond acceptors (Lipinski definition) is 6. The Balaban J connectivity index is 1.66. The van der Waals surface area contributed by atoms with Crippen molar-refractivity contribution in [2.45, 2.75) is 51.4 Å². The summed E-state index contributed by atoms with van der Waals surface area (Å²) in [5, 5.41) is 21.9. The van der Waals surface area contributed by atoms with E-state index in [9.17, 15) is 18.0 Å². The van der Waals surface area contributed by atoms with Crippen LogP contribution in [-0.2, 0) is 17.5 Å². The van der Waals surface area contributed by atoms with E-state index in [2.05, 4.69) is 27.8 Å². The van der Waals surface area contributed by atoms with Gasteiger partial charge in [-0.2, -0.15) is 13.2 Å². The summed E-state index contributed by atoms with van der Waals surface area (Å²) < 4.78 is 42.9. The van der Waals surface area contributed by atoms with Gasteiger partial charge in [0, 0.05) is 24.3 Å². The molecule has 3 N–H and O–H groups in total. The van der Waals surface area contributed by atoms with Crippen LogP contribution in [0.1, 0.15) is 55.7 Å². The molecule has 0 aliphatic heterocycles. The molecule has 0 saturated heterocycles. The Morgan fingerprint density at radius 2 is 1.79 bits per heavy atom. The molecule has 0 aliphatic rings. The van der Waals surface area contributed by atoms with Crippen molar-refractivity contribution in [3.63, 3.8) is 0 Å². The van der Waals surface area contributed by atoms with Crippen molar-refractivity contribution in [3.8, 4) is 11.5 Å². The minimum Gasteiger partial charge on any atom is -0.481 e. The van der Waals surface area contributed by atoms with E-state index in [1.807, 2.05) is 36.4 Å². The molecular weight excluding hydrogens is 449 g/mol. The van der Waals surface area contributed by atoms with Gasteiger partial charge in [-0.15, -0.1) is 10.2 Å². The van der Waals surface area contributed by atoms with Crippen molar-refractivity contribution in [2.24, 2.45) is 0 Å². The van der Waals surface area contributed by atoms with E-state index in [-0.39, 0.29) is 18.4 Å². The molecule has 0 saturated carbocycles. The largest absolute Gasteiger partial charge is 0.481 e. The summed E-state index contributed by atoms with van der Waals surface area (Å²) in [7, 11) is 0. The lowest BCUT2D eigenvalue weighted by Gasteiger charge is -2.21. The Hall–Kier alpha value is -3.40. The molecule has 1 heterocycles. The van der Waals surface area contributed by atoms with Crippen LogP contribution in [0.15, 0.2) is 52.9 Å². The van der Waals surface area contributed by atoms with Gasteiger partial charge in [0.05, 0.1) is 12.5 Å². The first-order chi connectivity index (χ1) is 16.3. The molecule has 34 heavy (non-hydrogen) atoms. The van der Waals surface area contributed by atoms with E-state index in [1.165, 1.54) is 0 Å². The highest BCUT2D eigenvalue weighted by molar-refractivity contribution is 5.66. The second-order valence-corrected chi connectivity index (χ2v) is 7.89. The summed E-state index contributed by atoms with van der Waals surface area (Å²) in [4.78, 5) is 10.6. The standard InChI is InChI=1S/C24H27F3N4O3/c1-2-3-4-20(29-19-11-5-16(6-12-19)15-28-14-13-21(32)33)17-7-9-18(10-8-17)22-30-31-23(34-22)24(25,26)27/h5-12,20,28-29H,2-4,13-15H2,1H3,(H,32,33)/t20-/m1/s1. The normalized spacial score (nSPS) is 12.5. The average molecular weight is 476 g/mol. The minimum atomic E-state index is -4.68. The van der Waals surface area contributed by atoms with Crippen LogP contribution in [0.4, 0.5) is 18.9 Å². The predicted molar refractivity (Wildman–Crippen MR) is 121 cm³/mol. The molecule has 0 fully saturated rings. The van der Waals surface area contributed by atoms with E-state index in [0.717, 1.165) is 36.1 Å². The van der Waals surface area contributed by atoms with Crippen molar-refractivity contribution in [3.05, 3.63) is 65.5 Å². The number of nitrogens with one attached hydrogen (secondary N) is 2. The van der Waals surface area contributed by atoms with Gasteiger partial charge in [0.25, 0.3) is 0 Å². The topological polar surface area (TPSA) is 100 Å². The molecule has 0 bridgehead atoms. The van der Waals surface area contributed by atoms with Crippen molar-refractivity contribution in [2.75, 3.05) is 11.9 Å². The van der Waals surface area contributed by atoms with E-state index >= 15 is 0 Å². The number of hydrogen-bond donors (Lipinski definition) is 3. The number of rotatable bonds is 12. The molecule has 182 valence electrons. The van der Waals surface area contributed by atoms with Gasteiger partial charge in [0.15, 0.2) is 0 Å². The zero-order valence-electron chi connectivity index (χ0n) is 18.7. The monoisotopic (exact) mass is 476 g/mol. The molecule has 7 nitrogen and oxygen atoms in total. The van der Waals surface area contributed by atoms with Crippen LogP contribution in [-0.4, -0.2) is 27.8 Å². The summed E-state index contributed by atoms with van der Waals surface area (Å²) in [6.45, 7) is 3.10. The second-order valence-electron chi connectivity index (χ2n) is 7.89. The van der Waals surface area contributed by atoms with Crippen LogP contribution < -0.4 is 10.6 Å². The van der Waals surface area contributed by atoms with E-state index < -0.39 is 18.0 Å². The molecule has 1 aromatic heterocycles. The molecule has 3 aromatic rings. The number of anilines is 1. The van der Waals surface area contributed by atoms with Gasteiger partial charge >= 0.3 is 18.0 Å². The Kier molecular flexibility index (Phi) is 8.64. The number of carbonyl (C=O) groups is 1. The van der Waals surface area contributed by atoms with Crippen LogP contribution in [0.3, 0.4) is 0 Å². The molecule has 1 atom stereocenters. The molecule has 10 heteroatoms. The van der Waals surface area contributed by atoms with Crippen molar-refractivity contribution < 1.29 is 27.5 Å². The first kappa shape index (κ1) is 25.2. The van der Waals surface area contributed by atoms with E-state index in [4.69, 9.17) is 9.52 Å². The number of carboxylic acids is 1. The summed E-state index contributed by atoms with van der Waals surface area (Å²) in [5.74, 6) is -2.37. The highest BCUT2D eigenvalue weighted by atomic mass is 19.4. The highest BCUT2D eigenvalue weighted by Crippen LogP contribution is 2.31. The number of benzene rings is 2. The van der Waals surface area contributed by atoms with E-state index in [0.29, 0.717) is 18.7 Å². The fourth-order valence-corrected chi connectivity index (χ4v) is 3.39. The Bertz CT molecular complexity index is 1050. The Morgan fingerprint density at radius 3 is 2.38 bits per heavy atom. The maximum absolute atomic E-state index is 12.7. The number of carboxylic acid groups (broad SMARTS) is 1. The molecule has 0 radical (unpaired) electrons. The summed E-state index contributed by atoms with van der Waals surface area (Å²) in [5.41, 5.74) is 3.39. The number of aliphatic carboxylic acids is 1. The van der Waals surface area contributed by atoms with Crippen molar-refractivity contribution in [1.82, 2.24) is 15.5 Å².